The number of halogens is 1. The van der Waals surface area contributed by atoms with Gasteiger partial charge in [-0.2, -0.15) is 0 Å². The summed E-state index contributed by atoms with van der Waals surface area (Å²) in [7, 11) is 0. The smallest absolute Gasteiger partial charge is 0.239 e. The minimum absolute atomic E-state index is 0. The molecule has 0 spiro atoms. The summed E-state index contributed by atoms with van der Waals surface area (Å²) < 4.78 is 0. The maximum Gasteiger partial charge on any atom is 0.239 e. The van der Waals surface area contributed by atoms with Gasteiger partial charge in [-0.05, 0) is 32.3 Å². The molecule has 2 aliphatic rings. The van der Waals surface area contributed by atoms with Gasteiger partial charge >= 0.3 is 0 Å². The second-order valence-electron chi connectivity index (χ2n) is 7.39. The topological polar surface area (TPSA) is 51.2 Å². The maximum atomic E-state index is 12.7. The van der Waals surface area contributed by atoms with Crippen molar-refractivity contribution in [2.24, 2.45) is 4.99 Å². The lowest BCUT2D eigenvalue weighted by Gasteiger charge is -2.39. The predicted molar refractivity (Wildman–Crippen MR) is 125 cm³/mol. The highest BCUT2D eigenvalue weighted by Gasteiger charge is 2.30. The quantitative estimate of drug-likeness (QED) is 0.384. The molecule has 28 heavy (non-hydrogen) atoms. The van der Waals surface area contributed by atoms with Crippen LogP contribution in [0, 0.1) is 0 Å². The fraction of sp³-hybridized carbons (Fsp3) is 0.619. The average molecular weight is 499 g/mol. The summed E-state index contributed by atoms with van der Waals surface area (Å²) in [5.41, 5.74) is 1.22. The van der Waals surface area contributed by atoms with Crippen LogP contribution in [-0.2, 0) is 11.3 Å². The molecule has 0 aliphatic carbocycles. The fourth-order valence-corrected chi connectivity index (χ4v) is 3.85. The molecule has 0 bridgehead atoms. The third-order valence-electron chi connectivity index (χ3n) is 5.53. The summed E-state index contributed by atoms with van der Waals surface area (Å²) in [4.78, 5) is 24.1. The second kappa shape index (κ2) is 11.6. The van der Waals surface area contributed by atoms with Crippen molar-refractivity contribution >= 4 is 35.8 Å². The van der Waals surface area contributed by atoms with Crippen LogP contribution in [0.25, 0.3) is 0 Å². The molecular weight excluding hydrogens is 465 g/mol. The van der Waals surface area contributed by atoms with E-state index in [2.05, 4.69) is 53.2 Å². The number of rotatable bonds is 5. The molecule has 1 aromatic rings. The van der Waals surface area contributed by atoms with Gasteiger partial charge in [-0.3, -0.25) is 9.69 Å². The molecule has 1 atom stereocenters. The molecule has 2 heterocycles. The lowest BCUT2D eigenvalue weighted by atomic mass is 10.2. The summed E-state index contributed by atoms with van der Waals surface area (Å²) in [6.07, 6.45) is 2.30. The summed E-state index contributed by atoms with van der Waals surface area (Å²) in [6, 6.07) is 10.3. The Morgan fingerprint density at radius 3 is 2.29 bits per heavy atom. The molecule has 1 aromatic carbocycles. The van der Waals surface area contributed by atoms with E-state index in [0.717, 1.165) is 64.6 Å². The number of hydrogen-bond acceptors (Lipinski definition) is 3. The van der Waals surface area contributed by atoms with Crippen molar-refractivity contribution in [1.82, 2.24) is 20.0 Å². The van der Waals surface area contributed by atoms with Crippen LogP contribution < -0.4 is 5.32 Å². The van der Waals surface area contributed by atoms with Crippen molar-refractivity contribution in [3.05, 3.63) is 35.9 Å². The number of likely N-dealkylation sites (tertiary alicyclic amines) is 1. The first kappa shape index (κ1) is 22.9. The second-order valence-corrected chi connectivity index (χ2v) is 7.39. The summed E-state index contributed by atoms with van der Waals surface area (Å²) >= 11 is 0. The fourth-order valence-electron chi connectivity index (χ4n) is 3.85. The van der Waals surface area contributed by atoms with Crippen LogP contribution in [0.1, 0.15) is 32.3 Å². The van der Waals surface area contributed by atoms with Gasteiger partial charge in [0, 0.05) is 45.8 Å². The first-order valence-electron chi connectivity index (χ1n) is 10.3. The number of piperazine rings is 1. The van der Waals surface area contributed by atoms with Crippen LogP contribution in [0.4, 0.5) is 0 Å². The van der Waals surface area contributed by atoms with Gasteiger partial charge in [0.1, 0.15) is 0 Å². The zero-order valence-electron chi connectivity index (χ0n) is 17.1. The molecule has 2 saturated heterocycles. The molecule has 2 fully saturated rings. The molecule has 0 saturated carbocycles. The van der Waals surface area contributed by atoms with Crippen LogP contribution in [0.3, 0.4) is 0 Å². The standard InChI is InChI=1S/C21H33N5O.HI/c1-3-22-21(23-17-19-9-5-4-6-10-19)26-15-13-24(14-16-26)18(2)20(27)25-11-7-8-12-25;/h4-6,9-10,18H,3,7-8,11-17H2,1-2H3,(H,22,23);1H. The minimum Gasteiger partial charge on any atom is -0.357 e. The van der Waals surface area contributed by atoms with E-state index in [1.54, 1.807) is 0 Å². The van der Waals surface area contributed by atoms with Crippen LogP contribution >= 0.6 is 24.0 Å². The Morgan fingerprint density at radius 2 is 1.68 bits per heavy atom. The Hall–Kier alpha value is -1.35. The van der Waals surface area contributed by atoms with Crippen molar-refractivity contribution in [2.75, 3.05) is 45.8 Å². The average Bonchev–Trinajstić information content (AvgIpc) is 3.26. The van der Waals surface area contributed by atoms with E-state index < -0.39 is 0 Å². The summed E-state index contributed by atoms with van der Waals surface area (Å²) in [5.74, 6) is 1.27. The van der Waals surface area contributed by atoms with Gasteiger partial charge in [0.25, 0.3) is 0 Å². The Morgan fingerprint density at radius 1 is 1.04 bits per heavy atom. The first-order chi connectivity index (χ1) is 13.2. The third-order valence-corrected chi connectivity index (χ3v) is 5.53. The number of benzene rings is 1. The Kier molecular flexibility index (Phi) is 9.50. The van der Waals surface area contributed by atoms with Crippen LogP contribution in [0.15, 0.2) is 35.3 Å². The van der Waals surface area contributed by atoms with E-state index in [0.29, 0.717) is 12.5 Å². The highest BCUT2D eigenvalue weighted by molar-refractivity contribution is 14.0. The Labute approximate surface area is 186 Å². The zero-order valence-corrected chi connectivity index (χ0v) is 19.5. The maximum absolute atomic E-state index is 12.7. The number of nitrogens with one attached hydrogen (secondary N) is 1. The summed E-state index contributed by atoms with van der Waals surface area (Å²) in [5, 5.41) is 3.42. The molecule has 1 N–H and O–H groups in total. The number of hydrogen-bond donors (Lipinski definition) is 1. The Bertz CT molecular complexity index is 625. The molecule has 7 heteroatoms. The molecule has 3 rings (SSSR count). The first-order valence-corrected chi connectivity index (χ1v) is 10.3. The van der Waals surface area contributed by atoms with Gasteiger partial charge in [-0.25, -0.2) is 4.99 Å². The molecule has 6 nitrogen and oxygen atoms in total. The zero-order chi connectivity index (χ0) is 19.1. The van der Waals surface area contributed by atoms with Gasteiger partial charge in [0.05, 0.1) is 12.6 Å². The molecule has 1 unspecified atom stereocenters. The van der Waals surface area contributed by atoms with Gasteiger partial charge in [0.15, 0.2) is 5.96 Å². The SMILES string of the molecule is CCNC(=NCc1ccccc1)N1CCN(C(C)C(=O)N2CCCC2)CC1.I. The van der Waals surface area contributed by atoms with Crippen molar-refractivity contribution in [3.63, 3.8) is 0 Å². The third kappa shape index (κ3) is 6.07. The number of carbonyl (C=O) groups excluding carboxylic acids is 1. The van der Waals surface area contributed by atoms with Crippen molar-refractivity contribution in [1.29, 1.82) is 0 Å². The normalized spacial score (nSPS) is 19.3. The molecular formula is C21H34IN5O. The largest absolute Gasteiger partial charge is 0.357 e. The van der Waals surface area contributed by atoms with E-state index >= 15 is 0 Å². The molecule has 0 radical (unpaired) electrons. The number of guanidine groups is 1. The monoisotopic (exact) mass is 499 g/mol. The van der Waals surface area contributed by atoms with E-state index in [1.807, 2.05) is 11.0 Å². The number of nitrogens with zero attached hydrogens (tertiary/aromatic N) is 4. The van der Waals surface area contributed by atoms with E-state index in [4.69, 9.17) is 4.99 Å². The van der Waals surface area contributed by atoms with Crippen molar-refractivity contribution in [2.45, 2.75) is 39.3 Å². The highest BCUT2D eigenvalue weighted by atomic mass is 127. The molecule has 1 amide bonds. The summed E-state index contributed by atoms with van der Waals surface area (Å²) in [6.45, 7) is 11.2. The van der Waals surface area contributed by atoms with E-state index in [-0.39, 0.29) is 30.0 Å². The number of aliphatic imine (C=N–C) groups is 1. The molecule has 156 valence electrons. The van der Waals surface area contributed by atoms with E-state index in [1.165, 1.54) is 5.56 Å². The van der Waals surface area contributed by atoms with Gasteiger partial charge < -0.3 is 15.1 Å². The highest BCUT2D eigenvalue weighted by Crippen LogP contribution is 2.14. The lowest BCUT2D eigenvalue weighted by Crippen LogP contribution is -2.57. The van der Waals surface area contributed by atoms with Gasteiger partial charge in [-0.15, -0.1) is 24.0 Å². The lowest BCUT2D eigenvalue weighted by molar-refractivity contribution is -0.135. The molecule has 2 aliphatic heterocycles. The number of carbonyl (C=O) groups is 1. The van der Waals surface area contributed by atoms with E-state index in [9.17, 15) is 4.79 Å². The van der Waals surface area contributed by atoms with Crippen LogP contribution in [-0.4, -0.2) is 78.4 Å². The number of amides is 1. The Balaban J connectivity index is 0.00000280. The predicted octanol–water partition coefficient (Wildman–Crippen LogP) is 2.40. The van der Waals surface area contributed by atoms with Crippen LogP contribution in [0.5, 0.6) is 0 Å². The minimum atomic E-state index is -0.0194. The van der Waals surface area contributed by atoms with Crippen molar-refractivity contribution in [3.8, 4) is 0 Å². The molecule has 0 aromatic heterocycles. The van der Waals surface area contributed by atoms with Crippen molar-refractivity contribution < 1.29 is 4.79 Å². The van der Waals surface area contributed by atoms with Crippen LogP contribution in [0.2, 0.25) is 0 Å². The van der Waals surface area contributed by atoms with Gasteiger partial charge in [-0.1, -0.05) is 30.3 Å². The van der Waals surface area contributed by atoms with Gasteiger partial charge in [0.2, 0.25) is 5.91 Å².